The quantitative estimate of drug-likeness (QED) is 0.0408. The van der Waals surface area contributed by atoms with Gasteiger partial charge in [-0.25, -0.2) is 19.9 Å². The van der Waals surface area contributed by atoms with Crippen LogP contribution in [0.2, 0.25) is 20.1 Å². The number of rotatable bonds is 24. The van der Waals surface area contributed by atoms with E-state index in [1.807, 2.05) is 119 Å². The van der Waals surface area contributed by atoms with E-state index in [9.17, 15) is 38.4 Å². The summed E-state index contributed by atoms with van der Waals surface area (Å²) >= 11 is 25.3. The Morgan fingerprint density at radius 2 is 0.639 bits per heavy atom. The Labute approximate surface area is 795 Å². The summed E-state index contributed by atoms with van der Waals surface area (Å²) in [7, 11) is 6.78. The third kappa shape index (κ3) is 28.2. The Hall–Kier alpha value is -12.7. The van der Waals surface area contributed by atoms with E-state index in [2.05, 4.69) is 89.7 Å². The molecule has 0 spiro atoms. The van der Waals surface area contributed by atoms with Crippen LogP contribution >= 0.6 is 46.4 Å². The van der Waals surface area contributed by atoms with Gasteiger partial charge in [0, 0.05) is 149 Å². The molecule has 12 heterocycles. The third-order valence-electron chi connectivity index (χ3n) is 21.0. The minimum absolute atomic E-state index is 0.0227. The molecule has 4 saturated heterocycles. The molecule has 0 radical (unpaired) electrons. The summed E-state index contributed by atoms with van der Waals surface area (Å²) in [6.07, 6.45) is 22.7. The Morgan fingerprint density at radius 3 is 0.902 bits per heavy atom. The number of morpholine rings is 1. The lowest BCUT2D eigenvalue weighted by Gasteiger charge is -2.30. The number of aryl methyl sites for hydroxylation is 4. The van der Waals surface area contributed by atoms with Crippen molar-refractivity contribution in [3.8, 4) is 11.5 Å². The second kappa shape index (κ2) is 51.4. The molecule has 12 aromatic rings. The number of nitrogens with one attached hydrogen (secondary N) is 4. The number of ether oxygens (including phenoxy) is 3. The molecule has 4 fully saturated rings. The summed E-state index contributed by atoms with van der Waals surface area (Å²) in [5, 5.41) is 18.0. The summed E-state index contributed by atoms with van der Waals surface area (Å²) in [4.78, 5) is 140. The van der Waals surface area contributed by atoms with E-state index in [1.54, 1.807) is 112 Å². The van der Waals surface area contributed by atoms with Gasteiger partial charge in [-0.3, -0.25) is 38.4 Å². The number of nitrogens with zero attached hydrogens (tertiary/aromatic N) is 16. The first-order chi connectivity index (χ1) is 64.2. The lowest BCUT2D eigenvalue weighted by Crippen LogP contribution is -2.38. The van der Waals surface area contributed by atoms with Gasteiger partial charge in [0.05, 0.1) is 60.1 Å². The minimum atomic E-state index is -0.302. The second-order valence-corrected chi connectivity index (χ2v) is 32.4. The number of ketones is 4. The van der Waals surface area contributed by atoms with Gasteiger partial charge in [-0.15, -0.1) is 0 Å². The number of pyridine rings is 4. The van der Waals surface area contributed by atoms with E-state index in [0.29, 0.717) is 117 Å². The topological polar surface area (TPSA) is 348 Å². The molecule has 0 amide bonds. The number of hydrogen-bond donors (Lipinski definition) is 4. The maximum absolute atomic E-state index is 12.6. The van der Waals surface area contributed by atoms with Crippen molar-refractivity contribution in [1.82, 2.24) is 58.1 Å². The largest absolute Gasteiger partial charge is 0.480 e. The zero-order valence-corrected chi connectivity index (χ0v) is 81.6. The molecule has 4 N–H and O–H groups in total. The zero-order chi connectivity index (χ0) is 96.5. The molecular formula is C98H120Cl4N20O11. The van der Waals surface area contributed by atoms with Gasteiger partial charge in [-0.05, 0) is 180 Å². The van der Waals surface area contributed by atoms with Crippen molar-refractivity contribution in [3.63, 3.8) is 0 Å². The van der Waals surface area contributed by atoms with Crippen LogP contribution in [0.5, 0.6) is 11.5 Å². The van der Waals surface area contributed by atoms with Crippen LogP contribution in [0.1, 0.15) is 158 Å². The fourth-order valence-corrected chi connectivity index (χ4v) is 14.6. The van der Waals surface area contributed by atoms with Crippen molar-refractivity contribution in [2.45, 2.75) is 147 Å². The van der Waals surface area contributed by atoms with Gasteiger partial charge < -0.3 is 73.3 Å². The monoisotopic (exact) mass is 1890 g/mol. The van der Waals surface area contributed by atoms with Gasteiger partial charge in [0.1, 0.15) is 33.3 Å². The van der Waals surface area contributed by atoms with Crippen LogP contribution < -0.4 is 72.6 Å². The van der Waals surface area contributed by atoms with Crippen molar-refractivity contribution in [1.29, 1.82) is 0 Å². The first-order valence-corrected chi connectivity index (χ1v) is 46.7. The molecule has 31 nitrogen and oxygen atoms in total. The molecule has 0 unspecified atom stereocenters. The van der Waals surface area contributed by atoms with Gasteiger partial charge in [0.15, 0.2) is 57.9 Å². The highest BCUT2D eigenvalue weighted by Gasteiger charge is 2.24. The molecule has 8 aromatic heterocycles. The number of benzene rings is 4. The number of anilines is 12. The first-order valence-electron chi connectivity index (χ1n) is 45.2. The molecule has 133 heavy (non-hydrogen) atoms. The van der Waals surface area contributed by atoms with E-state index in [4.69, 9.17) is 60.6 Å². The number of carbonyl (C=O) groups excluding carboxylic acids is 4. The number of fused-ring (bicyclic) bond motifs is 4. The highest BCUT2D eigenvalue weighted by atomic mass is 35.5. The Kier molecular flexibility index (Phi) is 40.2. The van der Waals surface area contributed by atoms with Gasteiger partial charge in [-0.2, -0.15) is 19.9 Å². The van der Waals surface area contributed by atoms with Gasteiger partial charge in [-0.1, -0.05) is 122 Å². The maximum atomic E-state index is 12.6. The summed E-state index contributed by atoms with van der Waals surface area (Å²) in [6, 6.07) is 29.3. The van der Waals surface area contributed by atoms with Crippen LogP contribution in [0.15, 0.2) is 153 Å². The first kappa shape index (κ1) is 104. The summed E-state index contributed by atoms with van der Waals surface area (Å²) < 4.78 is 22.3. The second-order valence-electron chi connectivity index (χ2n) is 30.8. The van der Waals surface area contributed by atoms with Crippen LogP contribution in [-0.4, -0.2) is 160 Å². The van der Waals surface area contributed by atoms with Crippen molar-refractivity contribution in [3.05, 3.63) is 207 Å². The fourth-order valence-electron chi connectivity index (χ4n) is 14.0. The molecule has 4 aliphatic rings. The van der Waals surface area contributed by atoms with Crippen molar-refractivity contribution in [2.24, 2.45) is 28.2 Å². The Balaban J connectivity index is 0.000000194. The maximum Gasteiger partial charge on any atom is 0.293 e. The number of hydrogen-bond acceptors (Lipinski definition) is 27. The van der Waals surface area contributed by atoms with Gasteiger partial charge in [0.2, 0.25) is 23.8 Å². The number of piperidine rings is 2. The molecule has 0 atom stereocenters. The standard InChI is InChI=1S/2C24H26ClN5O2.C21H22ClN5O4.C20H20ClN5O3.C3H8.3C2H6/c2*1-3-19(31)9-7-16-13-17-14-18(8-10-21(17)29(2)23(16)32)27-22-20(25)15-26-24(28-22)30-11-5-4-6-12-30;1-13(28)12-31-18-10-14-9-15(3-4-17(14)26(2)20(18)29)24-19-16(22)11-23-21(25-19)27-5-7-30-8-6-27;1-12(27)11-29-17-9-13-8-14(4-5-16(13)25(2)19(17)28)23-18-15(21)10-22-20(24-18)26-6-3-7-26;1-3-2;3*1-2/h2*7-10,13-15H,3-6,11-12H2,1-2H3,(H,26,27,28);3-4,9-11H,5-8,12H2,1-2H3,(H,23,24,25);4-5,8-10H,3,6-7,11H2,1-2H3,(H,22,23,24);3H2,1-2H3;3*1-2H3/b2*9-7+;;;;;;. The SMILES string of the molecule is CC.CC.CC.CC(=O)COc1cc2cc(Nc3nc(N4CCC4)ncc3Cl)ccc2n(C)c1=O.CC(=O)COc1cc2cc(Nc3nc(N4CCOCC4)ncc3Cl)ccc2n(C)c1=O.CCC.CCC(=O)/C=C/c1cc2cc(Nc3nc(N4CCCCC4)ncc3Cl)ccc2n(C)c1=O.CCC(=O)/C=C/c1cc2cc(Nc3nc(N4CCCCC4)ncc3Cl)ccc2n(C)c1=O. The molecule has 16 rings (SSSR count). The molecular weight excluding hydrogens is 1780 g/mol. The smallest absolute Gasteiger partial charge is 0.293 e. The number of allylic oxidation sites excluding steroid dienone is 2. The lowest BCUT2D eigenvalue weighted by molar-refractivity contribution is -0.119. The zero-order valence-electron chi connectivity index (χ0n) is 78.6. The average Bonchev–Trinajstić information content (AvgIpc) is 0.793. The normalized spacial score (nSPS) is 13.3. The molecule has 0 aliphatic carbocycles. The highest BCUT2D eigenvalue weighted by Crippen LogP contribution is 2.35. The predicted molar refractivity (Wildman–Crippen MR) is 541 cm³/mol. The average molecular weight is 1900 g/mol. The molecule has 0 bridgehead atoms. The highest BCUT2D eigenvalue weighted by molar-refractivity contribution is 6.34. The molecule has 0 saturated carbocycles. The van der Waals surface area contributed by atoms with E-state index in [1.165, 1.54) is 54.4 Å². The van der Waals surface area contributed by atoms with Crippen LogP contribution in [0, 0.1) is 0 Å². The lowest BCUT2D eigenvalue weighted by atomic mass is 10.1. The van der Waals surface area contributed by atoms with Crippen LogP contribution in [0.4, 0.5) is 69.8 Å². The van der Waals surface area contributed by atoms with Crippen molar-refractivity contribution < 1.29 is 33.4 Å². The number of Topliss-reactive ketones (excluding diaryl/α,β-unsaturated/α-hetero) is 2. The van der Waals surface area contributed by atoms with E-state index in [0.717, 1.165) is 138 Å². The number of carbonyl (C=O) groups is 4. The molecule has 35 heteroatoms. The Bertz CT molecular complexity index is 6190. The van der Waals surface area contributed by atoms with E-state index in [-0.39, 0.29) is 70.1 Å². The van der Waals surface area contributed by atoms with E-state index < -0.39 is 0 Å². The molecule has 4 aromatic carbocycles. The minimum Gasteiger partial charge on any atom is -0.480 e. The van der Waals surface area contributed by atoms with Gasteiger partial charge >= 0.3 is 0 Å². The van der Waals surface area contributed by atoms with Crippen molar-refractivity contribution >= 4 is 195 Å². The number of aromatic nitrogens is 12. The van der Waals surface area contributed by atoms with Crippen LogP contribution in [0.25, 0.3) is 55.8 Å². The molecule has 4 aliphatic heterocycles. The summed E-state index contributed by atoms with van der Waals surface area (Å²) in [5.41, 5.74) is 6.16. The molecule has 706 valence electrons. The third-order valence-corrected chi connectivity index (χ3v) is 22.1. The predicted octanol–water partition coefficient (Wildman–Crippen LogP) is 19.3. The number of halogens is 4. The van der Waals surface area contributed by atoms with Crippen LogP contribution in [0.3, 0.4) is 0 Å². The van der Waals surface area contributed by atoms with E-state index >= 15 is 0 Å². The fraction of sp³-hybridized carbons (Fsp3) is 0.388. The van der Waals surface area contributed by atoms with Gasteiger partial charge in [0.25, 0.3) is 22.2 Å². The Morgan fingerprint density at radius 1 is 0.376 bits per heavy atom. The summed E-state index contributed by atoms with van der Waals surface area (Å²) in [5.74, 6) is 4.55. The summed E-state index contributed by atoms with van der Waals surface area (Å²) in [6.45, 7) is 30.7. The van der Waals surface area contributed by atoms with Crippen molar-refractivity contribution in [2.75, 3.05) is 120 Å². The van der Waals surface area contributed by atoms with Crippen LogP contribution in [-0.2, 0) is 52.1 Å².